The molecule has 5 nitrogen and oxygen atoms in total. The Balaban J connectivity index is 1.78. The molecule has 0 saturated carbocycles. The molecule has 0 radical (unpaired) electrons. The van der Waals surface area contributed by atoms with Crippen molar-refractivity contribution in [2.75, 3.05) is 30.8 Å². The van der Waals surface area contributed by atoms with E-state index in [4.69, 9.17) is 10.5 Å². The molecule has 6 heteroatoms. The van der Waals surface area contributed by atoms with Gasteiger partial charge in [-0.1, -0.05) is 0 Å². The van der Waals surface area contributed by atoms with Gasteiger partial charge < -0.3 is 20.9 Å². The Morgan fingerprint density at radius 1 is 1.45 bits per heavy atom. The molecule has 1 aliphatic heterocycles. The molecule has 4 N–H and O–H groups in total. The Morgan fingerprint density at radius 2 is 2.20 bits per heavy atom. The van der Waals surface area contributed by atoms with Crippen LogP contribution in [0.15, 0.2) is 12.1 Å². The molecule has 0 atom stereocenters. The van der Waals surface area contributed by atoms with Gasteiger partial charge in [-0.2, -0.15) is 0 Å². The third kappa shape index (κ3) is 2.72. The molecule has 1 aromatic carbocycles. The van der Waals surface area contributed by atoms with Gasteiger partial charge in [-0.25, -0.2) is 4.98 Å². The van der Waals surface area contributed by atoms with Crippen LogP contribution in [0.2, 0.25) is 0 Å². The van der Waals surface area contributed by atoms with Crippen molar-refractivity contribution in [3.05, 3.63) is 17.1 Å². The first-order chi connectivity index (χ1) is 9.56. The topological polar surface area (TPSA) is 80.4 Å². The molecular weight excluding hydrogens is 274 g/mol. The van der Waals surface area contributed by atoms with Crippen LogP contribution in [0.3, 0.4) is 0 Å². The summed E-state index contributed by atoms with van der Waals surface area (Å²) in [5.41, 5.74) is 7.83. The zero-order valence-electron chi connectivity index (χ0n) is 11.5. The summed E-state index contributed by atoms with van der Waals surface area (Å²) in [6, 6.07) is 3.90. The Hall–Kier alpha value is -1.37. The summed E-state index contributed by atoms with van der Waals surface area (Å²) in [7, 11) is 0. The largest absolute Gasteiger partial charge is 0.397 e. The van der Waals surface area contributed by atoms with E-state index in [9.17, 15) is 5.11 Å². The van der Waals surface area contributed by atoms with Crippen LogP contribution in [0.1, 0.15) is 17.8 Å². The van der Waals surface area contributed by atoms with Crippen LogP contribution in [0.4, 0.5) is 11.4 Å². The molecule has 1 saturated heterocycles. The number of anilines is 2. The van der Waals surface area contributed by atoms with Crippen LogP contribution in [0.5, 0.6) is 0 Å². The standard InChI is InChI=1S/C14H19N3O2S/c1-9-17-12-7-11(10(15)6-13(12)20-9)16-8-14(18)2-4-19-5-3-14/h6-7,16,18H,2-5,8,15H2,1H3. The van der Waals surface area contributed by atoms with E-state index in [0.717, 1.165) is 20.9 Å². The van der Waals surface area contributed by atoms with Crippen LogP contribution in [0.25, 0.3) is 10.2 Å². The van der Waals surface area contributed by atoms with Crippen LogP contribution in [-0.4, -0.2) is 35.5 Å². The molecule has 1 aliphatic rings. The predicted octanol–water partition coefficient (Wildman–Crippen LogP) is 2.14. The van der Waals surface area contributed by atoms with Gasteiger partial charge in [0.15, 0.2) is 0 Å². The molecule has 0 bridgehead atoms. The molecule has 108 valence electrons. The summed E-state index contributed by atoms with van der Waals surface area (Å²) in [4.78, 5) is 4.47. The van der Waals surface area contributed by atoms with Gasteiger partial charge in [0.05, 0.1) is 32.2 Å². The maximum Gasteiger partial charge on any atom is 0.0907 e. The van der Waals surface area contributed by atoms with Crippen LogP contribution < -0.4 is 11.1 Å². The zero-order chi connectivity index (χ0) is 14.2. The Bertz CT molecular complexity index is 620. The number of aliphatic hydroxyl groups is 1. The first-order valence-corrected chi connectivity index (χ1v) is 7.58. The second-order valence-electron chi connectivity index (χ2n) is 5.33. The van der Waals surface area contributed by atoms with E-state index in [2.05, 4.69) is 10.3 Å². The molecule has 20 heavy (non-hydrogen) atoms. The predicted molar refractivity (Wildman–Crippen MR) is 82.3 cm³/mol. The maximum atomic E-state index is 10.4. The Morgan fingerprint density at radius 3 is 2.95 bits per heavy atom. The summed E-state index contributed by atoms with van der Waals surface area (Å²) < 4.78 is 6.37. The number of rotatable bonds is 3. The van der Waals surface area contributed by atoms with Crippen molar-refractivity contribution in [1.29, 1.82) is 0 Å². The highest BCUT2D eigenvalue weighted by Gasteiger charge is 2.29. The minimum Gasteiger partial charge on any atom is -0.397 e. The second-order valence-corrected chi connectivity index (χ2v) is 6.57. The van der Waals surface area contributed by atoms with Gasteiger partial charge in [0, 0.05) is 32.6 Å². The number of aromatic nitrogens is 1. The summed E-state index contributed by atoms with van der Waals surface area (Å²) >= 11 is 1.64. The van der Waals surface area contributed by atoms with E-state index in [1.807, 2.05) is 19.1 Å². The van der Waals surface area contributed by atoms with E-state index in [1.54, 1.807) is 11.3 Å². The van der Waals surface area contributed by atoms with Gasteiger partial charge in [-0.3, -0.25) is 0 Å². The van der Waals surface area contributed by atoms with Crippen molar-refractivity contribution in [2.45, 2.75) is 25.4 Å². The number of fused-ring (bicyclic) bond motifs is 1. The first-order valence-electron chi connectivity index (χ1n) is 6.76. The van der Waals surface area contributed by atoms with Crippen molar-refractivity contribution < 1.29 is 9.84 Å². The molecule has 0 spiro atoms. The number of nitrogens with two attached hydrogens (primary N) is 1. The normalized spacial score (nSPS) is 18.3. The lowest BCUT2D eigenvalue weighted by Gasteiger charge is -2.32. The Kier molecular flexibility index (Phi) is 3.54. The van der Waals surface area contributed by atoms with Crippen LogP contribution >= 0.6 is 11.3 Å². The first kappa shape index (κ1) is 13.6. The number of nitrogens with one attached hydrogen (secondary N) is 1. The van der Waals surface area contributed by atoms with Crippen molar-refractivity contribution in [3.8, 4) is 0 Å². The summed E-state index contributed by atoms with van der Waals surface area (Å²) in [6.45, 7) is 3.68. The second kappa shape index (κ2) is 5.20. The summed E-state index contributed by atoms with van der Waals surface area (Å²) in [5.74, 6) is 0. The molecule has 1 fully saturated rings. The number of aryl methyl sites for hydroxylation is 1. The molecule has 3 rings (SSSR count). The molecule has 2 heterocycles. The summed E-state index contributed by atoms with van der Waals surface area (Å²) in [6.07, 6.45) is 1.30. The monoisotopic (exact) mass is 293 g/mol. The number of hydrogen-bond donors (Lipinski definition) is 3. The molecule has 0 aliphatic carbocycles. The number of hydrogen-bond acceptors (Lipinski definition) is 6. The third-order valence-electron chi connectivity index (χ3n) is 3.70. The van der Waals surface area contributed by atoms with Gasteiger partial charge in [0.1, 0.15) is 0 Å². The number of benzene rings is 1. The van der Waals surface area contributed by atoms with Crippen molar-refractivity contribution >= 4 is 32.9 Å². The molecule has 1 aromatic heterocycles. The average Bonchev–Trinajstić information content (AvgIpc) is 2.76. The van der Waals surface area contributed by atoms with Crippen molar-refractivity contribution in [2.24, 2.45) is 0 Å². The fourth-order valence-electron chi connectivity index (χ4n) is 2.45. The maximum absolute atomic E-state index is 10.4. The highest BCUT2D eigenvalue weighted by Crippen LogP contribution is 2.30. The fourth-order valence-corrected chi connectivity index (χ4v) is 3.30. The lowest BCUT2D eigenvalue weighted by atomic mass is 9.94. The fraction of sp³-hybridized carbons (Fsp3) is 0.500. The summed E-state index contributed by atoms with van der Waals surface area (Å²) in [5, 5.41) is 14.7. The highest BCUT2D eigenvalue weighted by atomic mass is 32.1. The van der Waals surface area contributed by atoms with E-state index < -0.39 is 5.60 Å². The van der Waals surface area contributed by atoms with Crippen molar-refractivity contribution in [3.63, 3.8) is 0 Å². The molecular formula is C14H19N3O2S. The quantitative estimate of drug-likeness (QED) is 0.756. The van der Waals surface area contributed by atoms with Gasteiger partial charge >= 0.3 is 0 Å². The van der Waals surface area contributed by atoms with E-state index in [0.29, 0.717) is 38.3 Å². The van der Waals surface area contributed by atoms with Crippen LogP contribution in [-0.2, 0) is 4.74 Å². The van der Waals surface area contributed by atoms with Gasteiger partial charge in [0.2, 0.25) is 0 Å². The Labute approximate surface area is 121 Å². The number of thiazole rings is 1. The van der Waals surface area contributed by atoms with E-state index in [-0.39, 0.29) is 0 Å². The van der Waals surface area contributed by atoms with Gasteiger partial charge in [-0.05, 0) is 19.1 Å². The zero-order valence-corrected chi connectivity index (χ0v) is 12.3. The lowest BCUT2D eigenvalue weighted by molar-refractivity contribution is -0.0543. The molecule has 0 amide bonds. The third-order valence-corrected chi connectivity index (χ3v) is 4.63. The lowest BCUT2D eigenvalue weighted by Crippen LogP contribution is -2.42. The molecule has 2 aromatic rings. The minimum absolute atomic E-state index is 0.481. The number of ether oxygens (including phenoxy) is 1. The van der Waals surface area contributed by atoms with Gasteiger partial charge in [-0.15, -0.1) is 11.3 Å². The SMILES string of the molecule is Cc1nc2cc(NCC3(O)CCOCC3)c(N)cc2s1. The van der Waals surface area contributed by atoms with Crippen molar-refractivity contribution in [1.82, 2.24) is 4.98 Å². The smallest absolute Gasteiger partial charge is 0.0907 e. The number of nitrogen functional groups attached to an aromatic ring is 1. The van der Waals surface area contributed by atoms with E-state index in [1.165, 1.54) is 0 Å². The number of nitrogens with zero attached hydrogens (tertiary/aromatic N) is 1. The molecule has 0 unspecified atom stereocenters. The van der Waals surface area contributed by atoms with Crippen LogP contribution in [0, 0.1) is 6.92 Å². The average molecular weight is 293 g/mol. The highest BCUT2D eigenvalue weighted by molar-refractivity contribution is 7.18. The van der Waals surface area contributed by atoms with Gasteiger partial charge in [0.25, 0.3) is 0 Å². The van der Waals surface area contributed by atoms with E-state index >= 15 is 0 Å². The minimum atomic E-state index is -0.711.